The van der Waals surface area contributed by atoms with Crippen LogP contribution < -0.4 is 5.32 Å². The smallest absolute Gasteiger partial charge is 0.135 e. The van der Waals surface area contributed by atoms with Crippen molar-refractivity contribution in [2.75, 3.05) is 5.32 Å². The van der Waals surface area contributed by atoms with E-state index in [9.17, 15) is 0 Å². The Hall–Kier alpha value is -0.940. The first kappa shape index (κ1) is 14.0. The Bertz CT molecular complexity index is 643. The maximum Gasteiger partial charge on any atom is 0.135 e. The molecule has 0 aliphatic heterocycles. The first-order chi connectivity index (χ1) is 9.52. The van der Waals surface area contributed by atoms with Gasteiger partial charge in [-0.25, -0.2) is 9.97 Å². The van der Waals surface area contributed by atoms with Gasteiger partial charge in [-0.05, 0) is 65.9 Å². The molecular weight excluding hydrogens is 382 g/mol. The van der Waals surface area contributed by atoms with Gasteiger partial charge in [0.25, 0.3) is 0 Å². The van der Waals surface area contributed by atoms with Crippen LogP contribution in [0.1, 0.15) is 35.7 Å². The van der Waals surface area contributed by atoms with Gasteiger partial charge in [-0.3, -0.25) is 0 Å². The highest BCUT2D eigenvalue weighted by atomic mass is 79.9. The molecular formula is C15H15Br2N3. The average Bonchev–Trinajstić information content (AvgIpc) is 3.17. The Kier molecular flexibility index (Phi) is 3.82. The van der Waals surface area contributed by atoms with Gasteiger partial charge in [0.1, 0.15) is 16.2 Å². The highest BCUT2D eigenvalue weighted by molar-refractivity contribution is 9.10. The van der Waals surface area contributed by atoms with Crippen LogP contribution in [0.25, 0.3) is 0 Å². The molecule has 0 bridgehead atoms. The minimum absolute atomic E-state index is 0.542. The van der Waals surface area contributed by atoms with Crippen LogP contribution in [-0.2, 0) is 0 Å². The molecule has 1 fully saturated rings. The Balaban J connectivity index is 1.95. The lowest BCUT2D eigenvalue weighted by Gasteiger charge is -2.13. The molecule has 104 valence electrons. The summed E-state index contributed by atoms with van der Waals surface area (Å²) in [5.41, 5.74) is 3.50. The molecule has 0 saturated heterocycles. The zero-order valence-electron chi connectivity index (χ0n) is 11.4. The van der Waals surface area contributed by atoms with Crippen molar-refractivity contribution in [1.82, 2.24) is 9.97 Å². The SMILES string of the molecule is Cc1cc(Br)cc(C)c1Nc1cc(Br)nc(C2CC2)n1. The summed E-state index contributed by atoms with van der Waals surface area (Å²) in [7, 11) is 0. The van der Waals surface area contributed by atoms with Crippen LogP contribution in [0, 0.1) is 13.8 Å². The largest absolute Gasteiger partial charge is 0.340 e. The Labute approximate surface area is 135 Å². The molecule has 0 spiro atoms. The lowest BCUT2D eigenvalue weighted by Crippen LogP contribution is -2.02. The number of aryl methyl sites for hydroxylation is 2. The van der Waals surface area contributed by atoms with Crippen LogP contribution in [0.2, 0.25) is 0 Å². The Morgan fingerprint density at radius 2 is 1.70 bits per heavy atom. The summed E-state index contributed by atoms with van der Waals surface area (Å²) in [6.07, 6.45) is 2.40. The van der Waals surface area contributed by atoms with Crippen molar-refractivity contribution in [1.29, 1.82) is 0 Å². The third kappa shape index (κ3) is 3.04. The van der Waals surface area contributed by atoms with Crippen LogP contribution in [0.15, 0.2) is 27.3 Å². The third-order valence-corrected chi connectivity index (χ3v) is 4.27. The lowest BCUT2D eigenvalue weighted by atomic mass is 10.1. The molecule has 0 unspecified atom stereocenters. The molecule has 0 atom stereocenters. The summed E-state index contributed by atoms with van der Waals surface area (Å²) >= 11 is 6.99. The third-order valence-electron chi connectivity index (χ3n) is 3.41. The fourth-order valence-corrected chi connectivity index (χ4v) is 3.34. The van der Waals surface area contributed by atoms with Gasteiger partial charge in [-0.1, -0.05) is 15.9 Å². The van der Waals surface area contributed by atoms with E-state index in [-0.39, 0.29) is 0 Å². The minimum atomic E-state index is 0.542. The highest BCUT2D eigenvalue weighted by Gasteiger charge is 2.27. The second-order valence-corrected chi connectivity index (χ2v) is 6.98. The van der Waals surface area contributed by atoms with Crippen molar-refractivity contribution >= 4 is 43.4 Å². The van der Waals surface area contributed by atoms with Crippen LogP contribution in [0.3, 0.4) is 0 Å². The van der Waals surface area contributed by atoms with Crippen LogP contribution in [0.5, 0.6) is 0 Å². The number of nitrogens with one attached hydrogen (secondary N) is 1. The predicted molar refractivity (Wildman–Crippen MR) is 88.6 cm³/mol. The molecule has 2 aromatic rings. The first-order valence-corrected chi connectivity index (χ1v) is 8.20. The zero-order chi connectivity index (χ0) is 14.3. The van der Waals surface area contributed by atoms with E-state index < -0.39 is 0 Å². The van der Waals surface area contributed by atoms with E-state index in [4.69, 9.17) is 0 Å². The quantitative estimate of drug-likeness (QED) is 0.721. The molecule has 1 aromatic carbocycles. The van der Waals surface area contributed by atoms with Gasteiger partial charge >= 0.3 is 0 Å². The number of anilines is 2. The second-order valence-electron chi connectivity index (χ2n) is 5.25. The molecule has 3 rings (SSSR count). The normalized spacial score (nSPS) is 14.4. The van der Waals surface area contributed by atoms with Gasteiger partial charge in [-0.2, -0.15) is 0 Å². The lowest BCUT2D eigenvalue weighted by molar-refractivity contribution is 0.919. The molecule has 1 aromatic heterocycles. The second kappa shape index (κ2) is 5.45. The first-order valence-electron chi connectivity index (χ1n) is 6.61. The number of halogens is 2. The van der Waals surface area contributed by atoms with Gasteiger partial charge in [0.05, 0.1) is 0 Å². The van der Waals surface area contributed by atoms with E-state index in [2.05, 4.69) is 73.1 Å². The van der Waals surface area contributed by atoms with E-state index in [0.717, 1.165) is 26.4 Å². The molecule has 1 heterocycles. The van der Waals surface area contributed by atoms with Gasteiger partial charge < -0.3 is 5.32 Å². The summed E-state index contributed by atoms with van der Waals surface area (Å²) in [5, 5.41) is 3.43. The molecule has 3 nitrogen and oxygen atoms in total. The molecule has 0 radical (unpaired) electrons. The fourth-order valence-electron chi connectivity index (χ4n) is 2.26. The minimum Gasteiger partial charge on any atom is -0.340 e. The summed E-state index contributed by atoms with van der Waals surface area (Å²) in [5.74, 6) is 2.33. The molecule has 1 saturated carbocycles. The molecule has 1 aliphatic rings. The van der Waals surface area contributed by atoms with Crippen molar-refractivity contribution in [3.05, 3.63) is 44.2 Å². The van der Waals surface area contributed by atoms with Crippen molar-refractivity contribution in [2.24, 2.45) is 0 Å². The summed E-state index contributed by atoms with van der Waals surface area (Å²) < 4.78 is 1.94. The van der Waals surface area contributed by atoms with E-state index in [1.165, 1.54) is 24.0 Å². The summed E-state index contributed by atoms with van der Waals surface area (Å²) in [6.45, 7) is 4.19. The van der Waals surface area contributed by atoms with Crippen molar-refractivity contribution in [2.45, 2.75) is 32.6 Å². The highest BCUT2D eigenvalue weighted by Crippen LogP contribution is 2.39. The van der Waals surface area contributed by atoms with Crippen LogP contribution in [-0.4, -0.2) is 9.97 Å². The summed E-state index contributed by atoms with van der Waals surface area (Å²) in [4.78, 5) is 9.09. The van der Waals surface area contributed by atoms with Crippen molar-refractivity contribution < 1.29 is 0 Å². The molecule has 1 aliphatic carbocycles. The van der Waals surface area contributed by atoms with Crippen LogP contribution in [0.4, 0.5) is 11.5 Å². The molecule has 1 N–H and O–H groups in total. The van der Waals surface area contributed by atoms with Gasteiger partial charge in [-0.15, -0.1) is 0 Å². The van der Waals surface area contributed by atoms with Crippen molar-refractivity contribution in [3.63, 3.8) is 0 Å². The standard InChI is InChI=1S/C15H15Br2N3/c1-8-5-11(16)6-9(2)14(8)19-13-7-12(17)18-15(20-13)10-3-4-10/h5-7,10H,3-4H2,1-2H3,(H,18,19,20). The van der Waals surface area contributed by atoms with E-state index in [1.54, 1.807) is 0 Å². The van der Waals surface area contributed by atoms with E-state index >= 15 is 0 Å². The van der Waals surface area contributed by atoms with Crippen LogP contribution >= 0.6 is 31.9 Å². The monoisotopic (exact) mass is 395 g/mol. The van der Waals surface area contributed by atoms with E-state index in [1.807, 2.05) is 6.07 Å². The number of hydrogen-bond donors (Lipinski definition) is 1. The summed E-state index contributed by atoms with van der Waals surface area (Å²) in [6, 6.07) is 6.13. The number of rotatable bonds is 3. The van der Waals surface area contributed by atoms with Gasteiger partial charge in [0, 0.05) is 22.1 Å². The maximum atomic E-state index is 4.63. The Morgan fingerprint density at radius 3 is 2.30 bits per heavy atom. The Morgan fingerprint density at radius 1 is 1.05 bits per heavy atom. The van der Waals surface area contributed by atoms with Gasteiger partial charge in [0.2, 0.25) is 0 Å². The zero-order valence-corrected chi connectivity index (χ0v) is 14.5. The fraction of sp³-hybridized carbons (Fsp3) is 0.333. The number of hydrogen-bond acceptors (Lipinski definition) is 3. The predicted octanol–water partition coefficient (Wildman–Crippen LogP) is 5.24. The maximum absolute atomic E-state index is 4.63. The number of aromatic nitrogens is 2. The molecule has 20 heavy (non-hydrogen) atoms. The molecule has 5 heteroatoms. The van der Waals surface area contributed by atoms with Gasteiger partial charge in [0.15, 0.2) is 0 Å². The number of benzene rings is 1. The average molecular weight is 397 g/mol. The number of nitrogens with zero attached hydrogens (tertiary/aromatic N) is 2. The topological polar surface area (TPSA) is 37.8 Å². The van der Waals surface area contributed by atoms with E-state index in [0.29, 0.717) is 5.92 Å². The molecule has 0 amide bonds. The van der Waals surface area contributed by atoms with Crippen molar-refractivity contribution in [3.8, 4) is 0 Å².